The molecule has 0 heterocycles. The molecule has 0 spiro atoms. The summed E-state index contributed by atoms with van der Waals surface area (Å²) in [4.78, 5) is 2.66. The molecule has 0 fully saturated rings. The zero-order chi connectivity index (χ0) is 13.3. The lowest BCUT2D eigenvalue weighted by molar-refractivity contribution is 0.132. The molecule has 0 aliphatic heterocycles. The van der Waals surface area contributed by atoms with Gasteiger partial charge in [-0.15, -0.1) is 13.2 Å². The van der Waals surface area contributed by atoms with Gasteiger partial charge in [0.1, 0.15) is 0 Å². The van der Waals surface area contributed by atoms with E-state index in [1.54, 1.807) is 0 Å². The standard InChI is InChI=1S/C9H13N2O5P/c1-4-6-15-17(13,16-7-5-2)8(11-10)9(12)14-3/h4-5H,1-2,6-7H2,3H3/p+1. The predicted molar refractivity (Wildman–Crippen MR) is 61.7 cm³/mol. The van der Waals surface area contributed by atoms with Gasteiger partial charge in [0, 0.05) is 0 Å². The summed E-state index contributed by atoms with van der Waals surface area (Å²) in [6.45, 7) is 6.50. The first-order valence-corrected chi connectivity index (χ1v) is 6.03. The van der Waals surface area contributed by atoms with E-state index in [9.17, 15) is 9.67 Å². The first-order valence-electron chi connectivity index (χ1n) is 4.49. The fourth-order valence-electron chi connectivity index (χ4n) is 0.767. The smallest absolute Gasteiger partial charge is 0.475 e. The van der Waals surface area contributed by atoms with Gasteiger partial charge in [-0.05, 0) is 0 Å². The lowest BCUT2D eigenvalue weighted by Crippen LogP contribution is -2.01. The number of rotatable bonds is 8. The second-order valence-corrected chi connectivity index (χ2v) is 4.53. The summed E-state index contributed by atoms with van der Waals surface area (Å²) in [6, 6.07) is 0. The molecule has 0 aromatic heterocycles. The van der Waals surface area contributed by atoms with Crippen molar-refractivity contribution in [1.29, 1.82) is 5.39 Å². The molecule has 0 bridgehead atoms. The minimum atomic E-state index is -3.99. The Bertz CT molecular complexity index is 383. The Morgan fingerprint density at radius 1 is 1.41 bits per heavy atom. The largest absolute Gasteiger partial charge is 0.548 e. The summed E-state index contributed by atoms with van der Waals surface area (Å²) in [5.74, 6) is -0.857. The lowest BCUT2D eigenvalue weighted by atomic mass is 10.7. The van der Waals surface area contributed by atoms with Crippen LogP contribution in [0.4, 0.5) is 0 Å². The van der Waals surface area contributed by atoms with Crippen LogP contribution in [0.1, 0.15) is 0 Å². The van der Waals surface area contributed by atoms with Gasteiger partial charge in [0.2, 0.25) is 5.39 Å². The van der Waals surface area contributed by atoms with E-state index in [2.05, 4.69) is 22.9 Å². The van der Waals surface area contributed by atoms with E-state index in [-0.39, 0.29) is 13.2 Å². The second kappa shape index (κ2) is 7.63. The summed E-state index contributed by atoms with van der Waals surface area (Å²) in [7, 11) is -2.89. The third-order valence-electron chi connectivity index (χ3n) is 1.46. The van der Waals surface area contributed by atoms with Gasteiger partial charge in [0.15, 0.2) is 4.98 Å². The molecular weight excluding hydrogens is 247 g/mol. The van der Waals surface area contributed by atoms with Crippen molar-refractivity contribution in [2.24, 2.45) is 0 Å². The summed E-state index contributed by atoms with van der Waals surface area (Å²) in [5.41, 5.74) is -0.719. The van der Waals surface area contributed by atoms with Crippen LogP contribution in [0.2, 0.25) is 0 Å². The van der Waals surface area contributed by atoms with Crippen molar-refractivity contribution in [2.45, 2.75) is 0 Å². The summed E-state index contributed by atoms with van der Waals surface area (Å²) in [5, 5.41) is 18.0. The van der Waals surface area contributed by atoms with Gasteiger partial charge in [-0.2, -0.15) is 0 Å². The zero-order valence-corrected chi connectivity index (χ0v) is 10.3. The number of hydrogen-bond acceptors (Lipinski definition) is 6. The molecular formula is C9H14N2O5P+. The van der Waals surface area contributed by atoms with Crippen LogP contribution in [-0.2, 0) is 18.3 Å². The highest BCUT2D eigenvalue weighted by molar-refractivity contribution is 7.58. The van der Waals surface area contributed by atoms with Crippen LogP contribution < -0.4 is 0 Å². The average molecular weight is 261 g/mol. The van der Waals surface area contributed by atoms with E-state index in [0.717, 1.165) is 7.11 Å². The third kappa shape index (κ3) is 4.41. The molecule has 8 heteroatoms. The maximum atomic E-state index is 12.2. The molecule has 0 unspecified atom stereocenters. The van der Waals surface area contributed by atoms with Crippen molar-refractivity contribution in [1.82, 2.24) is 0 Å². The fourth-order valence-corrected chi connectivity index (χ4v) is 2.12. The summed E-state index contributed by atoms with van der Waals surface area (Å²) >= 11 is 0. The number of ether oxygens (including phenoxy) is 1. The van der Waals surface area contributed by atoms with E-state index in [0.29, 0.717) is 0 Å². The van der Waals surface area contributed by atoms with Crippen LogP contribution in [0, 0.1) is 5.39 Å². The molecule has 0 rings (SSSR count). The van der Waals surface area contributed by atoms with E-state index in [1.807, 2.05) is 0 Å². The molecule has 0 amide bonds. The first-order chi connectivity index (χ1) is 8.05. The van der Waals surface area contributed by atoms with Crippen LogP contribution in [0.25, 0.3) is 4.98 Å². The Hall–Kier alpha value is -1.61. The summed E-state index contributed by atoms with van der Waals surface area (Å²) < 4.78 is 26.3. The second-order valence-electron chi connectivity index (χ2n) is 2.60. The molecule has 0 atom stereocenters. The highest BCUT2D eigenvalue weighted by Crippen LogP contribution is 2.57. The Balaban J connectivity index is 5.28. The van der Waals surface area contributed by atoms with Crippen molar-refractivity contribution >= 4 is 7.60 Å². The van der Waals surface area contributed by atoms with Crippen molar-refractivity contribution in [2.75, 3.05) is 20.3 Å². The van der Waals surface area contributed by atoms with Crippen LogP contribution in [0.5, 0.6) is 0 Å². The number of aliphatic hydroxyl groups excluding tert-OH is 1. The maximum Gasteiger partial charge on any atom is 0.548 e. The lowest BCUT2D eigenvalue weighted by Gasteiger charge is -2.10. The van der Waals surface area contributed by atoms with Gasteiger partial charge in [-0.3, -0.25) is 9.05 Å². The quantitative estimate of drug-likeness (QED) is 0.312. The minimum Gasteiger partial charge on any atom is -0.475 e. The molecule has 7 nitrogen and oxygen atoms in total. The van der Waals surface area contributed by atoms with E-state index in [4.69, 9.17) is 14.4 Å². The molecule has 0 aromatic carbocycles. The third-order valence-corrected chi connectivity index (χ3v) is 3.24. The number of aliphatic hydroxyl groups is 1. The Morgan fingerprint density at radius 3 is 2.18 bits per heavy atom. The normalized spacial score (nSPS) is 12.2. The monoisotopic (exact) mass is 261 g/mol. The molecule has 0 saturated heterocycles. The molecule has 94 valence electrons. The van der Waals surface area contributed by atoms with Crippen molar-refractivity contribution in [3.63, 3.8) is 0 Å². The Kier molecular flexibility index (Phi) is 6.91. The van der Waals surface area contributed by atoms with Crippen LogP contribution in [0.15, 0.2) is 36.7 Å². The SMILES string of the molecule is C=CCOP(=O)(OCC=C)/C([N+]#N)=C(/O)OC. The van der Waals surface area contributed by atoms with Gasteiger partial charge in [-0.1, -0.05) is 12.2 Å². The van der Waals surface area contributed by atoms with E-state index in [1.165, 1.54) is 12.2 Å². The summed E-state index contributed by atoms with van der Waals surface area (Å²) in [6.07, 6.45) is 2.64. The van der Waals surface area contributed by atoms with Gasteiger partial charge < -0.3 is 9.84 Å². The minimum absolute atomic E-state index is 0.121. The number of hydrogen-bond donors (Lipinski definition) is 1. The average Bonchev–Trinajstić information content (AvgIpc) is 2.34. The molecule has 0 aliphatic carbocycles. The highest BCUT2D eigenvalue weighted by atomic mass is 31.2. The van der Waals surface area contributed by atoms with Gasteiger partial charge in [-0.25, -0.2) is 4.57 Å². The van der Waals surface area contributed by atoms with Gasteiger partial charge in [0.05, 0.1) is 20.3 Å². The fraction of sp³-hybridized carbons (Fsp3) is 0.333. The Labute approximate surface area is 99.1 Å². The van der Waals surface area contributed by atoms with Crippen LogP contribution in [-0.4, -0.2) is 25.4 Å². The van der Waals surface area contributed by atoms with Crippen LogP contribution in [0.3, 0.4) is 0 Å². The Morgan fingerprint density at radius 2 is 1.88 bits per heavy atom. The van der Waals surface area contributed by atoms with Crippen molar-refractivity contribution < 1.29 is 23.5 Å². The number of diazo groups is 1. The molecule has 0 aromatic rings. The van der Waals surface area contributed by atoms with Crippen LogP contribution >= 0.6 is 7.60 Å². The number of methoxy groups -OCH3 is 1. The molecule has 0 radical (unpaired) electrons. The topological polar surface area (TPSA) is 93.1 Å². The zero-order valence-electron chi connectivity index (χ0n) is 9.40. The highest BCUT2D eigenvalue weighted by Gasteiger charge is 2.47. The van der Waals surface area contributed by atoms with Gasteiger partial charge >= 0.3 is 19.0 Å². The number of nitrogens with zero attached hydrogens (tertiary/aromatic N) is 2. The molecule has 17 heavy (non-hydrogen) atoms. The molecule has 0 saturated carbocycles. The molecule has 0 aliphatic rings. The van der Waals surface area contributed by atoms with E-state index >= 15 is 0 Å². The van der Waals surface area contributed by atoms with Crippen molar-refractivity contribution in [3.05, 3.63) is 41.7 Å². The first kappa shape index (κ1) is 15.4. The van der Waals surface area contributed by atoms with E-state index < -0.39 is 19.0 Å². The van der Waals surface area contributed by atoms with Crippen molar-refractivity contribution in [3.8, 4) is 0 Å². The van der Waals surface area contributed by atoms with Gasteiger partial charge in [0.25, 0.3) is 0 Å². The maximum absolute atomic E-state index is 12.2. The predicted octanol–water partition coefficient (Wildman–Crippen LogP) is 2.77. The molecule has 1 N–H and O–H groups in total.